The highest BCUT2D eigenvalue weighted by Crippen LogP contribution is 2.19. The number of nitrogens with one attached hydrogen (secondary N) is 2. The van der Waals surface area contributed by atoms with Crippen LogP contribution in [0.25, 0.3) is 0 Å². The first-order valence-corrected chi connectivity index (χ1v) is 7.09. The summed E-state index contributed by atoms with van der Waals surface area (Å²) in [4.78, 5) is 11.9. The Morgan fingerprint density at radius 3 is 3.00 bits per heavy atom. The molecular weight excluding hydrogens is 262 g/mol. The first-order valence-electron chi connectivity index (χ1n) is 7.09. The number of hydrogen-bond acceptors (Lipinski definition) is 2. The van der Waals surface area contributed by atoms with E-state index in [0.717, 1.165) is 31.9 Å². The second-order valence-corrected chi connectivity index (χ2v) is 5.18. The van der Waals surface area contributed by atoms with Crippen molar-refractivity contribution in [2.24, 2.45) is 5.92 Å². The summed E-state index contributed by atoms with van der Waals surface area (Å²) in [6.07, 6.45) is 3.32. The third kappa shape index (κ3) is 3.33. The van der Waals surface area contributed by atoms with Crippen molar-refractivity contribution < 1.29 is 13.6 Å². The van der Waals surface area contributed by atoms with E-state index in [-0.39, 0.29) is 11.6 Å². The molecule has 2 N–H and O–H groups in total. The SMILES string of the molecule is CCC1CCCNC1CNC(=O)c1cccc(F)c1F. The summed E-state index contributed by atoms with van der Waals surface area (Å²) >= 11 is 0. The Morgan fingerprint density at radius 1 is 1.45 bits per heavy atom. The second-order valence-electron chi connectivity index (χ2n) is 5.18. The molecule has 2 unspecified atom stereocenters. The molecule has 0 radical (unpaired) electrons. The minimum absolute atomic E-state index is 0.203. The number of halogens is 2. The number of carbonyl (C=O) groups is 1. The second kappa shape index (κ2) is 6.79. The first-order chi connectivity index (χ1) is 9.63. The van der Waals surface area contributed by atoms with E-state index in [9.17, 15) is 13.6 Å². The molecule has 1 aliphatic heterocycles. The van der Waals surface area contributed by atoms with Gasteiger partial charge in [-0.15, -0.1) is 0 Å². The molecule has 0 saturated carbocycles. The molecule has 1 aliphatic rings. The lowest BCUT2D eigenvalue weighted by molar-refractivity contribution is 0.0937. The summed E-state index contributed by atoms with van der Waals surface area (Å²) < 4.78 is 26.6. The summed E-state index contributed by atoms with van der Waals surface area (Å²) in [5.74, 6) is -2.14. The molecule has 1 fully saturated rings. The summed E-state index contributed by atoms with van der Waals surface area (Å²) in [5.41, 5.74) is -0.242. The van der Waals surface area contributed by atoms with Crippen LogP contribution in [-0.4, -0.2) is 25.0 Å². The molecule has 1 saturated heterocycles. The van der Waals surface area contributed by atoms with Crippen molar-refractivity contribution in [1.29, 1.82) is 0 Å². The molecule has 0 aliphatic carbocycles. The third-order valence-electron chi connectivity index (χ3n) is 3.93. The molecule has 20 heavy (non-hydrogen) atoms. The zero-order valence-electron chi connectivity index (χ0n) is 11.6. The van der Waals surface area contributed by atoms with Gasteiger partial charge in [-0.25, -0.2) is 8.78 Å². The van der Waals surface area contributed by atoms with Crippen LogP contribution in [0, 0.1) is 17.6 Å². The highest BCUT2D eigenvalue weighted by atomic mass is 19.2. The molecule has 5 heteroatoms. The fraction of sp³-hybridized carbons (Fsp3) is 0.533. The van der Waals surface area contributed by atoms with Gasteiger partial charge in [0.2, 0.25) is 0 Å². The third-order valence-corrected chi connectivity index (χ3v) is 3.93. The molecule has 2 atom stereocenters. The Balaban J connectivity index is 1.96. The van der Waals surface area contributed by atoms with E-state index in [2.05, 4.69) is 17.6 Å². The number of amides is 1. The molecule has 1 aromatic rings. The number of piperidine rings is 1. The van der Waals surface area contributed by atoms with Crippen molar-refractivity contribution in [3.63, 3.8) is 0 Å². The zero-order valence-corrected chi connectivity index (χ0v) is 11.6. The smallest absolute Gasteiger partial charge is 0.254 e. The van der Waals surface area contributed by atoms with Gasteiger partial charge in [-0.3, -0.25) is 4.79 Å². The Bertz CT molecular complexity index is 479. The molecule has 0 aromatic heterocycles. The summed E-state index contributed by atoms with van der Waals surface area (Å²) in [6.45, 7) is 3.50. The quantitative estimate of drug-likeness (QED) is 0.890. The fourth-order valence-electron chi connectivity index (χ4n) is 2.72. The number of carbonyl (C=O) groups excluding carboxylic acids is 1. The molecule has 0 spiro atoms. The van der Waals surface area contributed by atoms with E-state index >= 15 is 0 Å². The van der Waals surface area contributed by atoms with Gasteiger partial charge in [-0.2, -0.15) is 0 Å². The van der Waals surface area contributed by atoms with E-state index in [0.29, 0.717) is 12.5 Å². The minimum Gasteiger partial charge on any atom is -0.350 e. The predicted molar refractivity (Wildman–Crippen MR) is 73.5 cm³/mol. The van der Waals surface area contributed by atoms with Crippen LogP contribution in [0.4, 0.5) is 8.78 Å². The van der Waals surface area contributed by atoms with Crippen LogP contribution in [0.5, 0.6) is 0 Å². The van der Waals surface area contributed by atoms with Crippen molar-refractivity contribution in [2.75, 3.05) is 13.1 Å². The van der Waals surface area contributed by atoms with Crippen LogP contribution in [0.1, 0.15) is 36.5 Å². The van der Waals surface area contributed by atoms with Gasteiger partial charge in [-0.1, -0.05) is 19.4 Å². The Kier molecular flexibility index (Phi) is 5.06. The van der Waals surface area contributed by atoms with Gasteiger partial charge in [0.1, 0.15) is 0 Å². The van der Waals surface area contributed by atoms with Crippen LogP contribution in [0.3, 0.4) is 0 Å². The standard InChI is InChI=1S/C15H20F2N2O/c1-2-10-5-4-8-18-13(10)9-19-15(20)11-6-3-7-12(16)14(11)17/h3,6-7,10,13,18H,2,4-5,8-9H2,1H3,(H,19,20). The van der Waals surface area contributed by atoms with Gasteiger partial charge in [0.25, 0.3) is 5.91 Å². The van der Waals surface area contributed by atoms with E-state index < -0.39 is 17.5 Å². The van der Waals surface area contributed by atoms with E-state index in [1.165, 1.54) is 12.1 Å². The van der Waals surface area contributed by atoms with E-state index in [1.807, 2.05) is 0 Å². The van der Waals surface area contributed by atoms with Gasteiger partial charge in [0, 0.05) is 12.6 Å². The summed E-state index contributed by atoms with van der Waals surface area (Å²) in [6, 6.07) is 3.83. The number of rotatable bonds is 4. The fourth-order valence-corrected chi connectivity index (χ4v) is 2.72. The first kappa shape index (κ1) is 14.9. The van der Waals surface area contributed by atoms with E-state index in [4.69, 9.17) is 0 Å². The van der Waals surface area contributed by atoms with Crippen LogP contribution < -0.4 is 10.6 Å². The van der Waals surface area contributed by atoms with Crippen LogP contribution in [0.15, 0.2) is 18.2 Å². The summed E-state index contributed by atoms with van der Waals surface area (Å²) in [5, 5.41) is 6.06. The van der Waals surface area contributed by atoms with Gasteiger partial charge in [-0.05, 0) is 37.4 Å². The maximum atomic E-state index is 13.5. The molecule has 1 amide bonds. The molecule has 1 heterocycles. The average molecular weight is 282 g/mol. The largest absolute Gasteiger partial charge is 0.350 e. The van der Waals surface area contributed by atoms with Crippen molar-refractivity contribution in [3.05, 3.63) is 35.4 Å². The lowest BCUT2D eigenvalue weighted by atomic mass is 9.88. The van der Waals surface area contributed by atoms with Crippen molar-refractivity contribution >= 4 is 5.91 Å². The van der Waals surface area contributed by atoms with Gasteiger partial charge in [0.05, 0.1) is 5.56 Å². The van der Waals surface area contributed by atoms with Crippen molar-refractivity contribution in [2.45, 2.75) is 32.2 Å². The molecule has 1 aromatic carbocycles. The van der Waals surface area contributed by atoms with Crippen LogP contribution in [0.2, 0.25) is 0 Å². The number of benzene rings is 1. The topological polar surface area (TPSA) is 41.1 Å². The highest BCUT2D eigenvalue weighted by molar-refractivity contribution is 5.94. The van der Waals surface area contributed by atoms with Gasteiger partial charge in [0.15, 0.2) is 11.6 Å². The molecule has 3 nitrogen and oxygen atoms in total. The summed E-state index contributed by atoms with van der Waals surface area (Å²) in [7, 11) is 0. The van der Waals surface area contributed by atoms with Gasteiger partial charge < -0.3 is 10.6 Å². The maximum absolute atomic E-state index is 13.5. The Morgan fingerprint density at radius 2 is 2.25 bits per heavy atom. The lowest BCUT2D eigenvalue weighted by Gasteiger charge is -2.32. The van der Waals surface area contributed by atoms with Crippen LogP contribution >= 0.6 is 0 Å². The molecule has 110 valence electrons. The molecule has 2 rings (SSSR count). The van der Waals surface area contributed by atoms with Crippen LogP contribution in [-0.2, 0) is 0 Å². The Labute approximate surface area is 117 Å². The van der Waals surface area contributed by atoms with Crippen molar-refractivity contribution in [3.8, 4) is 0 Å². The number of hydrogen-bond donors (Lipinski definition) is 2. The minimum atomic E-state index is -1.09. The highest BCUT2D eigenvalue weighted by Gasteiger charge is 2.24. The normalized spacial score (nSPS) is 22.6. The lowest BCUT2D eigenvalue weighted by Crippen LogP contribution is -2.48. The molecule has 0 bridgehead atoms. The average Bonchev–Trinajstić information content (AvgIpc) is 2.48. The monoisotopic (exact) mass is 282 g/mol. The maximum Gasteiger partial charge on any atom is 0.254 e. The zero-order chi connectivity index (χ0) is 14.5. The van der Waals surface area contributed by atoms with Gasteiger partial charge >= 0.3 is 0 Å². The van der Waals surface area contributed by atoms with E-state index in [1.54, 1.807) is 0 Å². The molecular formula is C15H20F2N2O. The Hall–Kier alpha value is -1.49. The van der Waals surface area contributed by atoms with Crippen molar-refractivity contribution in [1.82, 2.24) is 10.6 Å². The predicted octanol–water partition coefficient (Wildman–Crippen LogP) is 2.47.